The van der Waals surface area contributed by atoms with E-state index in [1.54, 1.807) is 11.3 Å². The van der Waals surface area contributed by atoms with E-state index in [2.05, 4.69) is 30.2 Å². The number of rotatable bonds is 5. The van der Waals surface area contributed by atoms with Crippen LogP contribution in [-0.4, -0.2) is 11.0 Å². The zero-order valence-corrected chi connectivity index (χ0v) is 12.2. The van der Waals surface area contributed by atoms with Crippen molar-refractivity contribution in [3.05, 3.63) is 50.9 Å². The van der Waals surface area contributed by atoms with Crippen molar-refractivity contribution in [1.29, 1.82) is 0 Å². The van der Waals surface area contributed by atoms with E-state index < -0.39 is 0 Å². The molecule has 1 N–H and O–H groups in total. The van der Waals surface area contributed by atoms with Gasteiger partial charge < -0.3 is 5.32 Å². The minimum absolute atomic E-state index is 0.421. The maximum atomic E-state index is 5.98. The summed E-state index contributed by atoms with van der Waals surface area (Å²) in [5, 5.41) is 4.32. The Morgan fingerprint density at radius 1 is 1.44 bits per heavy atom. The molecule has 1 unspecified atom stereocenters. The average molecular weight is 281 g/mol. The molecular formula is C14H17ClN2S. The summed E-state index contributed by atoms with van der Waals surface area (Å²) >= 11 is 7.69. The summed E-state index contributed by atoms with van der Waals surface area (Å²) in [6, 6.07) is 8.46. The van der Waals surface area contributed by atoms with Crippen LogP contribution in [0.15, 0.2) is 29.8 Å². The first-order chi connectivity index (χ1) is 8.65. The highest BCUT2D eigenvalue weighted by Gasteiger charge is 2.06. The molecule has 0 radical (unpaired) electrons. The first-order valence-corrected chi connectivity index (χ1v) is 7.27. The van der Waals surface area contributed by atoms with Crippen LogP contribution in [-0.2, 0) is 13.0 Å². The van der Waals surface area contributed by atoms with Crippen molar-refractivity contribution in [3.63, 3.8) is 0 Å². The Balaban J connectivity index is 1.86. The molecule has 2 aromatic rings. The number of nitrogens with zero attached hydrogens (tertiary/aromatic N) is 1. The van der Waals surface area contributed by atoms with E-state index in [1.807, 2.05) is 23.7 Å². The Morgan fingerprint density at radius 3 is 2.94 bits per heavy atom. The Morgan fingerprint density at radius 2 is 2.28 bits per heavy atom. The van der Waals surface area contributed by atoms with Crippen molar-refractivity contribution >= 4 is 22.9 Å². The first-order valence-electron chi connectivity index (χ1n) is 6.02. The summed E-state index contributed by atoms with van der Waals surface area (Å²) < 4.78 is 0. The summed E-state index contributed by atoms with van der Waals surface area (Å²) in [5.74, 6) is 0. The number of halogens is 1. The van der Waals surface area contributed by atoms with Crippen molar-refractivity contribution in [2.75, 3.05) is 0 Å². The molecule has 0 aliphatic heterocycles. The van der Waals surface area contributed by atoms with Gasteiger partial charge in [-0.25, -0.2) is 4.98 Å². The molecule has 0 saturated carbocycles. The van der Waals surface area contributed by atoms with Crippen molar-refractivity contribution in [1.82, 2.24) is 10.3 Å². The van der Waals surface area contributed by atoms with Crippen LogP contribution >= 0.6 is 22.9 Å². The van der Waals surface area contributed by atoms with E-state index in [1.165, 1.54) is 10.4 Å². The van der Waals surface area contributed by atoms with E-state index in [9.17, 15) is 0 Å². The van der Waals surface area contributed by atoms with Gasteiger partial charge in [0.05, 0.1) is 11.2 Å². The van der Waals surface area contributed by atoms with E-state index in [0.29, 0.717) is 6.04 Å². The summed E-state index contributed by atoms with van der Waals surface area (Å²) in [7, 11) is 0. The van der Waals surface area contributed by atoms with Crippen LogP contribution in [0.5, 0.6) is 0 Å². The minimum Gasteiger partial charge on any atom is -0.309 e. The van der Waals surface area contributed by atoms with Crippen LogP contribution in [0.3, 0.4) is 0 Å². The van der Waals surface area contributed by atoms with Gasteiger partial charge in [-0.2, -0.15) is 0 Å². The maximum Gasteiger partial charge on any atom is 0.0798 e. The van der Waals surface area contributed by atoms with E-state index in [4.69, 9.17) is 11.6 Å². The van der Waals surface area contributed by atoms with Crippen LogP contribution in [0.4, 0.5) is 0 Å². The standard InChI is InChI=1S/C14H17ClN2S/c1-10(6-12-4-3-5-13(15)7-12)16-8-14-11(2)17-9-18-14/h3-5,7,9-10,16H,6,8H2,1-2H3. The third kappa shape index (κ3) is 3.80. The second-order valence-corrected chi connectivity index (χ2v) is 5.85. The lowest BCUT2D eigenvalue weighted by Gasteiger charge is -2.13. The molecule has 2 rings (SSSR count). The van der Waals surface area contributed by atoms with E-state index >= 15 is 0 Å². The summed E-state index contributed by atoms with van der Waals surface area (Å²) in [6.45, 7) is 5.13. The molecule has 18 heavy (non-hydrogen) atoms. The molecule has 4 heteroatoms. The van der Waals surface area contributed by atoms with Gasteiger partial charge in [0.25, 0.3) is 0 Å². The van der Waals surface area contributed by atoms with Gasteiger partial charge >= 0.3 is 0 Å². The van der Waals surface area contributed by atoms with Crippen LogP contribution in [0.25, 0.3) is 0 Å². The van der Waals surface area contributed by atoms with Crippen molar-refractivity contribution < 1.29 is 0 Å². The fourth-order valence-electron chi connectivity index (χ4n) is 1.85. The molecule has 2 nitrogen and oxygen atoms in total. The zero-order chi connectivity index (χ0) is 13.0. The van der Waals surface area contributed by atoms with Gasteiger partial charge in [-0.15, -0.1) is 11.3 Å². The number of aromatic nitrogens is 1. The molecule has 1 aromatic carbocycles. The first kappa shape index (κ1) is 13.5. The Labute approximate surface area is 117 Å². The molecule has 96 valence electrons. The van der Waals surface area contributed by atoms with Gasteiger partial charge in [0, 0.05) is 22.5 Å². The molecule has 0 fully saturated rings. The molecule has 0 bridgehead atoms. The number of thiazole rings is 1. The largest absolute Gasteiger partial charge is 0.309 e. The van der Waals surface area contributed by atoms with Crippen LogP contribution < -0.4 is 5.32 Å². The van der Waals surface area contributed by atoms with Gasteiger partial charge in [-0.1, -0.05) is 23.7 Å². The van der Waals surface area contributed by atoms with Gasteiger partial charge in [0.2, 0.25) is 0 Å². The lowest BCUT2D eigenvalue weighted by molar-refractivity contribution is 0.547. The fourth-order valence-corrected chi connectivity index (χ4v) is 2.79. The summed E-state index contributed by atoms with van der Waals surface area (Å²) in [5.41, 5.74) is 4.29. The number of aryl methyl sites for hydroxylation is 1. The second kappa shape index (κ2) is 6.32. The lowest BCUT2D eigenvalue weighted by Crippen LogP contribution is -2.27. The third-order valence-electron chi connectivity index (χ3n) is 2.89. The third-order valence-corrected chi connectivity index (χ3v) is 4.06. The predicted octanol–water partition coefficient (Wildman–Crippen LogP) is 3.83. The normalized spacial score (nSPS) is 12.6. The smallest absolute Gasteiger partial charge is 0.0798 e. The molecule has 0 amide bonds. The van der Waals surface area contributed by atoms with Crippen LogP contribution in [0, 0.1) is 6.92 Å². The average Bonchev–Trinajstić information content (AvgIpc) is 2.72. The number of nitrogens with one attached hydrogen (secondary N) is 1. The number of hydrogen-bond acceptors (Lipinski definition) is 3. The SMILES string of the molecule is Cc1ncsc1CNC(C)Cc1cccc(Cl)c1. The molecular weight excluding hydrogens is 264 g/mol. The lowest BCUT2D eigenvalue weighted by atomic mass is 10.1. The Kier molecular flexibility index (Phi) is 4.75. The predicted molar refractivity (Wildman–Crippen MR) is 78.3 cm³/mol. The monoisotopic (exact) mass is 280 g/mol. The summed E-state index contributed by atoms with van der Waals surface area (Å²) in [6.07, 6.45) is 0.985. The van der Waals surface area contributed by atoms with Gasteiger partial charge in [-0.05, 0) is 38.0 Å². The van der Waals surface area contributed by atoms with Gasteiger partial charge in [-0.3, -0.25) is 0 Å². The van der Waals surface area contributed by atoms with E-state index in [-0.39, 0.29) is 0 Å². The summed E-state index contributed by atoms with van der Waals surface area (Å²) in [4.78, 5) is 5.56. The van der Waals surface area contributed by atoms with Crippen LogP contribution in [0.2, 0.25) is 5.02 Å². The maximum absolute atomic E-state index is 5.98. The van der Waals surface area contributed by atoms with Crippen molar-refractivity contribution in [2.24, 2.45) is 0 Å². The van der Waals surface area contributed by atoms with Gasteiger partial charge in [0.1, 0.15) is 0 Å². The highest BCUT2D eigenvalue weighted by molar-refractivity contribution is 7.09. The molecule has 1 aromatic heterocycles. The zero-order valence-electron chi connectivity index (χ0n) is 10.6. The van der Waals surface area contributed by atoms with Gasteiger partial charge in [0.15, 0.2) is 0 Å². The number of benzene rings is 1. The fraction of sp³-hybridized carbons (Fsp3) is 0.357. The Hall–Kier alpha value is -0.900. The molecule has 0 aliphatic carbocycles. The molecule has 1 atom stereocenters. The molecule has 0 aliphatic rings. The topological polar surface area (TPSA) is 24.9 Å². The van der Waals surface area contributed by atoms with Crippen molar-refractivity contribution in [2.45, 2.75) is 32.9 Å². The second-order valence-electron chi connectivity index (χ2n) is 4.48. The molecule has 0 spiro atoms. The quantitative estimate of drug-likeness (QED) is 0.900. The minimum atomic E-state index is 0.421. The van der Waals surface area contributed by atoms with E-state index in [0.717, 1.165) is 23.7 Å². The number of hydrogen-bond donors (Lipinski definition) is 1. The molecule has 1 heterocycles. The highest BCUT2D eigenvalue weighted by atomic mass is 35.5. The Bertz CT molecular complexity index is 510. The van der Waals surface area contributed by atoms with Crippen molar-refractivity contribution in [3.8, 4) is 0 Å². The molecule has 0 saturated heterocycles. The van der Waals surface area contributed by atoms with Crippen LogP contribution in [0.1, 0.15) is 23.1 Å². The highest BCUT2D eigenvalue weighted by Crippen LogP contribution is 2.14.